The number of aliphatic hydroxyl groups is 1. The highest BCUT2D eigenvalue weighted by Crippen LogP contribution is 2.35. The molecule has 6 heteroatoms. The van der Waals surface area contributed by atoms with E-state index in [1.54, 1.807) is 0 Å². The first-order valence-electron chi connectivity index (χ1n) is 5.60. The van der Waals surface area contributed by atoms with Crippen molar-refractivity contribution in [3.05, 3.63) is 70.8 Å². The van der Waals surface area contributed by atoms with Crippen LogP contribution in [0.25, 0.3) is 0 Å². The van der Waals surface area contributed by atoms with Gasteiger partial charge in [0, 0.05) is 11.1 Å². The zero-order valence-electron chi connectivity index (χ0n) is 9.96. The van der Waals surface area contributed by atoms with E-state index in [-0.39, 0.29) is 5.56 Å². The van der Waals surface area contributed by atoms with E-state index in [9.17, 15) is 27.1 Å². The van der Waals surface area contributed by atoms with Crippen LogP contribution in [0.2, 0.25) is 0 Å². The van der Waals surface area contributed by atoms with Crippen molar-refractivity contribution in [2.45, 2.75) is 12.3 Å². The lowest BCUT2D eigenvalue weighted by molar-refractivity contribution is -0.140. The summed E-state index contributed by atoms with van der Waals surface area (Å²) in [6.45, 7) is 0. The highest BCUT2D eigenvalue weighted by molar-refractivity contribution is 5.35. The molecule has 0 radical (unpaired) electrons. The molecule has 0 aliphatic carbocycles. The lowest BCUT2D eigenvalue weighted by atomic mass is 9.98. The van der Waals surface area contributed by atoms with Crippen molar-refractivity contribution in [2.75, 3.05) is 0 Å². The lowest BCUT2D eigenvalue weighted by Gasteiger charge is -2.16. The molecule has 1 nitrogen and oxygen atoms in total. The summed E-state index contributed by atoms with van der Waals surface area (Å²) in [6, 6.07) is 7.48. The van der Waals surface area contributed by atoms with E-state index in [1.807, 2.05) is 0 Å². The maximum Gasteiger partial charge on any atom is 0.419 e. The second-order valence-corrected chi connectivity index (χ2v) is 4.13. The Bertz CT molecular complexity index is 621. The fourth-order valence-corrected chi connectivity index (χ4v) is 1.84. The van der Waals surface area contributed by atoms with Gasteiger partial charge in [0.05, 0.1) is 5.56 Å². The van der Waals surface area contributed by atoms with Gasteiger partial charge in [0.1, 0.15) is 17.7 Å². The summed E-state index contributed by atoms with van der Waals surface area (Å²) in [5.41, 5.74) is -2.40. The Kier molecular flexibility index (Phi) is 3.76. The summed E-state index contributed by atoms with van der Waals surface area (Å²) in [6.07, 6.45) is -6.69. The van der Waals surface area contributed by atoms with Crippen LogP contribution in [0.4, 0.5) is 22.0 Å². The minimum atomic E-state index is -4.88. The first-order chi connectivity index (χ1) is 9.32. The number of benzene rings is 2. The highest BCUT2D eigenvalue weighted by atomic mass is 19.4. The van der Waals surface area contributed by atoms with Crippen molar-refractivity contribution in [1.82, 2.24) is 0 Å². The molecule has 1 atom stereocenters. The first-order valence-corrected chi connectivity index (χ1v) is 5.60. The molecule has 20 heavy (non-hydrogen) atoms. The Morgan fingerprint density at radius 1 is 0.850 bits per heavy atom. The van der Waals surface area contributed by atoms with Crippen LogP contribution >= 0.6 is 0 Å². The summed E-state index contributed by atoms with van der Waals surface area (Å²) >= 11 is 0. The van der Waals surface area contributed by atoms with Crippen molar-refractivity contribution in [1.29, 1.82) is 0 Å². The molecule has 0 aromatic heterocycles. The van der Waals surface area contributed by atoms with E-state index in [1.165, 1.54) is 18.2 Å². The Morgan fingerprint density at radius 2 is 1.45 bits per heavy atom. The second-order valence-electron chi connectivity index (χ2n) is 4.13. The Morgan fingerprint density at radius 3 is 2.05 bits per heavy atom. The Hall–Kier alpha value is -1.95. The van der Waals surface area contributed by atoms with Crippen LogP contribution < -0.4 is 0 Å². The van der Waals surface area contributed by atoms with Crippen LogP contribution in [0.5, 0.6) is 0 Å². The molecule has 2 aromatic rings. The molecule has 0 fully saturated rings. The smallest absolute Gasteiger partial charge is 0.383 e. The van der Waals surface area contributed by atoms with Gasteiger partial charge in [-0.15, -0.1) is 0 Å². The minimum Gasteiger partial charge on any atom is -0.383 e. The summed E-state index contributed by atoms with van der Waals surface area (Å²) in [5, 5.41) is 9.90. The Labute approximate surface area is 111 Å². The van der Waals surface area contributed by atoms with E-state index >= 15 is 0 Å². The quantitative estimate of drug-likeness (QED) is 0.826. The first kappa shape index (κ1) is 14.5. The molecule has 0 saturated carbocycles. The maximum atomic E-state index is 13.8. The van der Waals surface area contributed by atoms with E-state index in [0.717, 1.165) is 18.2 Å². The average Bonchev–Trinajstić information content (AvgIpc) is 2.37. The fraction of sp³-hybridized carbons (Fsp3) is 0.143. The van der Waals surface area contributed by atoms with E-state index in [4.69, 9.17) is 0 Å². The van der Waals surface area contributed by atoms with E-state index < -0.39 is 35.0 Å². The standard InChI is InChI=1S/C14H9F5O/c15-11-7-2-1-4-8(11)13(20)9-5-3-6-10(12(9)16)14(17,18)19/h1-7,13,20H. The summed E-state index contributed by atoms with van der Waals surface area (Å²) in [4.78, 5) is 0. The van der Waals surface area contributed by atoms with Crippen molar-refractivity contribution in [2.24, 2.45) is 0 Å². The van der Waals surface area contributed by atoms with Crippen LogP contribution in [0.15, 0.2) is 42.5 Å². The zero-order chi connectivity index (χ0) is 14.9. The number of alkyl halides is 3. The molecule has 0 heterocycles. The van der Waals surface area contributed by atoms with E-state index in [2.05, 4.69) is 0 Å². The third kappa shape index (κ3) is 2.65. The molecular weight excluding hydrogens is 279 g/mol. The van der Waals surface area contributed by atoms with E-state index in [0.29, 0.717) is 6.07 Å². The number of halogens is 5. The van der Waals surface area contributed by atoms with Crippen molar-refractivity contribution in [3.8, 4) is 0 Å². The van der Waals surface area contributed by atoms with Crippen LogP contribution in [0.3, 0.4) is 0 Å². The van der Waals surface area contributed by atoms with Gasteiger partial charge in [0.2, 0.25) is 0 Å². The molecule has 0 spiro atoms. The van der Waals surface area contributed by atoms with Gasteiger partial charge in [0.25, 0.3) is 0 Å². The van der Waals surface area contributed by atoms with Crippen LogP contribution in [-0.4, -0.2) is 5.11 Å². The largest absolute Gasteiger partial charge is 0.419 e. The number of aliphatic hydroxyl groups excluding tert-OH is 1. The fourth-order valence-electron chi connectivity index (χ4n) is 1.84. The van der Waals surface area contributed by atoms with Gasteiger partial charge >= 0.3 is 6.18 Å². The maximum absolute atomic E-state index is 13.8. The van der Waals surface area contributed by atoms with Gasteiger partial charge in [-0.1, -0.05) is 30.3 Å². The molecule has 0 saturated heterocycles. The number of hydrogen-bond donors (Lipinski definition) is 1. The van der Waals surface area contributed by atoms with Crippen molar-refractivity contribution >= 4 is 0 Å². The lowest BCUT2D eigenvalue weighted by Crippen LogP contribution is -2.12. The molecule has 2 aromatic carbocycles. The third-order valence-corrected chi connectivity index (χ3v) is 2.83. The normalized spacial score (nSPS) is 13.3. The second kappa shape index (κ2) is 5.20. The van der Waals surface area contributed by atoms with Crippen molar-refractivity contribution in [3.63, 3.8) is 0 Å². The van der Waals surface area contributed by atoms with Gasteiger partial charge in [-0.2, -0.15) is 13.2 Å². The summed E-state index contributed by atoms with van der Waals surface area (Å²) in [5.74, 6) is -2.42. The predicted octanol–water partition coefficient (Wildman–Crippen LogP) is 4.07. The van der Waals surface area contributed by atoms with Gasteiger partial charge in [0.15, 0.2) is 0 Å². The topological polar surface area (TPSA) is 20.2 Å². The number of rotatable bonds is 2. The molecular formula is C14H9F5O. The monoisotopic (exact) mass is 288 g/mol. The molecule has 1 N–H and O–H groups in total. The number of hydrogen-bond acceptors (Lipinski definition) is 1. The minimum absolute atomic E-state index is 0.286. The summed E-state index contributed by atoms with van der Waals surface area (Å²) < 4.78 is 65.1. The molecule has 2 rings (SSSR count). The highest BCUT2D eigenvalue weighted by Gasteiger charge is 2.35. The van der Waals surface area contributed by atoms with Crippen LogP contribution in [0, 0.1) is 11.6 Å². The van der Waals surface area contributed by atoms with Gasteiger partial charge in [-0.05, 0) is 12.1 Å². The van der Waals surface area contributed by atoms with Crippen LogP contribution in [-0.2, 0) is 6.18 Å². The SMILES string of the molecule is OC(c1ccccc1F)c1cccc(C(F)(F)F)c1F. The molecule has 106 valence electrons. The zero-order valence-corrected chi connectivity index (χ0v) is 9.96. The molecule has 0 bridgehead atoms. The van der Waals surface area contributed by atoms with Gasteiger partial charge in [-0.25, -0.2) is 8.78 Å². The molecule has 0 aliphatic rings. The molecule has 1 unspecified atom stereocenters. The van der Waals surface area contributed by atoms with Gasteiger partial charge in [-0.3, -0.25) is 0 Å². The predicted molar refractivity (Wildman–Crippen MR) is 61.9 cm³/mol. The Balaban J connectivity index is 2.52. The van der Waals surface area contributed by atoms with Crippen molar-refractivity contribution < 1.29 is 27.1 Å². The van der Waals surface area contributed by atoms with Crippen LogP contribution in [0.1, 0.15) is 22.8 Å². The molecule has 0 amide bonds. The average molecular weight is 288 g/mol. The van der Waals surface area contributed by atoms with Gasteiger partial charge < -0.3 is 5.11 Å². The summed E-state index contributed by atoms with van der Waals surface area (Å²) in [7, 11) is 0. The third-order valence-electron chi connectivity index (χ3n) is 2.83. The molecule has 0 aliphatic heterocycles.